The van der Waals surface area contributed by atoms with Gasteiger partial charge in [-0.25, -0.2) is 0 Å². The molecule has 0 saturated carbocycles. The molecule has 2 amide bonds. The Morgan fingerprint density at radius 3 is 2.33 bits per heavy atom. The summed E-state index contributed by atoms with van der Waals surface area (Å²) in [4.78, 5) is 36.7. The van der Waals surface area contributed by atoms with Gasteiger partial charge in [0.1, 0.15) is 17.5 Å². The lowest BCUT2D eigenvalue weighted by Gasteiger charge is -2.19. The fourth-order valence-electron chi connectivity index (χ4n) is 4.37. The van der Waals surface area contributed by atoms with Crippen molar-refractivity contribution in [2.45, 2.75) is 31.7 Å². The summed E-state index contributed by atoms with van der Waals surface area (Å²) < 4.78 is 11.3. The molecular formula is C33H33ClN2O6. The van der Waals surface area contributed by atoms with Gasteiger partial charge in [-0.1, -0.05) is 66.2 Å². The van der Waals surface area contributed by atoms with Crippen molar-refractivity contribution in [3.8, 4) is 11.5 Å². The third-order valence-electron chi connectivity index (χ3n) is 6.51. The van der Waals surface area contributed by atoms with Crippen LogP contribution in [0.2, 0.25) is 5.02 Å². The van der Waals surface area contributed by atoms with E-state index in [0.29, 0.717) is 35.9 Å². The van der Waals surface area contributed by atoms with Gasteiger partial charge in [-0.05, 0) is 71.1 Å². The second kappa shape index (κ2) is 15.4. The average molecular weight is 589 g/mol. The van der Waals surface area contributed by atoms with Gasteiger partial charge in [0.05, 0.1) is 6.61 Å². The van der Waals surface area contributed by atoms with Crippen molar-refractivity contribution >= 4 is 40.2 Å². The second-order valence-corrected chi connectivity index (χ2v) is 10.2. The standard InChI is InChI=1S/C33H33ClN2O6/c34-27-8-3-5-23(19-27)16-17-35-33(40)30(20-24-10-13-28(14-11-24)41-18-4-9-32(38)39)36-31(37)22-42-29-15-12-25-6-1-2-7-26(25)21-29/h1-3,5-8,10-15,19,21,30H,4,9,16-18,20,22H2,(H,35,40)(H,36,37)(H,38,39). The molecule has 4 aromatic carbocycles. The number of benzene rings is 4. The molecule has 0 saturated heterocycles. The van der Waals surface area contributed by atoms with Crippen LogP contribution >= 0.6 is 11.6 Å². The first-order chi connectivity index (χ1) is 20.4. The molecule has 3 N–H and O–H groups in total. The minimum Gasteiger partial charge on any atom is -0.494 e. The highest BCUT2D eigenvalue weighted by atomic mass is 35.5. The molecule has 0 aromatic heterocycles. The molecule has 0 heterocycles. The number of fused-ring (bicyclic) bond motifs is 1. The van der Waals surface area contributed by atoms with Crippen molar-refractivity contribution in [1.29, 1.82) is 0 Å². The topological polar surface area (TPSA) is 114 Å². The molecule has 0 radical (unpaired) electrons. The monoisotopic (exact) mass is 588 g/mol. The summed E-state index contributed by atoms with van der Waals surface area (Å²) in [6.07, 6.45) is 1.29. The number of hydrogen-bond donors (Lipinski definition) is 3. The summed E-state index contributed by atoms with van der Waals surface area (Å²) in [5.41, 5.74) is 1.81. The van der Waals surface area contributed by atoms with Crippen LogP contribution in [0.5, 0.6) is 11.5 Å². The molecule has 1 unspecified atom stereocenters. The first-order valence-electron chi connectivity index (χ1n) is 13.7. The first-order valence-corrected chi connectivity index (χ1v) is 14.1. The van der Waals surface area contributed by atoms with E-state index in [1.54, 1.807) is 24.3 Å². The van der Waals surface area contributed by atoms with Crippen molar-refractivity contribution in [2.75, 3.05) is 19.8 Å². The number of rotatable bonds is 15. The Labute approximate surface area is 249 Å². The van der Waals surface area contributed by atoms with Crippen LogP contribution in [0.15, 0.2) is 91.0 Å². The molecule has 9 heteroatoms. The molecule has 0 aliphatic carbocycles. The number of halogens is 1. The molecule has 1 atom stereocenters. The number of carbonyl (C=O) groups excluding carboxylic acids is 2. The van der Waals surface area contributed by atoms with Crippen molar-refractivity contribution in [2.24, 2.45) is 0 Å². The lowest BCUT2D eigenvalue weighted by molar-refractivity contribution is -0.137. The van der Waals surface area contributed by atoms with Crippen molar-refractivity contribution in [3.63, 3.8) is 0 Å². The van der Waals surface area contributed by atoms with Crippen molar-refractivity contribution in [1.82, 2.24) is 10.6 Å². The maximum absolute atomic E-state index is 13.2. The zero-order valence-electron chi connectivity index (χ0n) is 23.1. The Hall–Kier alpha value is -4.56. The molecule has 8 nitrogen and oxygen atoms in total. The highest BCUT2D eigenvalue weighted by Gasteiger charge is 2.21. The van der Waals surface area contributed by atoms with Crippen LogP contribution < -0.4 is 20.1 Å². The summed E-state index contributed by atoms with van der Waals surface area (Å²) >= 11 is 6.07. The molecular weight excluding hydrogens is 556 g/mol. The van der Waals surface area contributed by atoms with Gasteiger partial charge >= 0.3 is 5.97 Å². The van der Waals surface area contributed by atoms with Gasteiger partial charge in [0.15, 0.2) is 6.61 Å². The highest BCUT2D eigenvalue weighted by Crippen LogP contribution is 2.20. The minimum absolute atomic E-state index is 0.0382. The minimum atomic E-state index is -0.865. The van der Waals surface area contributed by atoms with Gasteiger partial charge < -0.3 is 25.2 Å². The molecule has 0 aliphatic rings. The van der Waals surface area contributed by atoms with Gasteiger partial charge in [-0.3, -0.25) is 14.4 Å². The van der Waals surface area contributed by atoms with Crippen LogP contribution in [-0.2, 0) is 27.2 Å². The van der Waals surface area contributed by atoms with E-state index in [0.717, 1.165) is 21.9 Å². The quantitative estimate of drug-likeness (QED) is 0.164. The van der Waals surface area contributed by atoms with Gasteiger partial charge in [-0.15, -0.1) is 0 Å². The highest BCUT2D eigenvalue weighted by molar-refractivity contribution is 6.30. The number of hydrogen-bond acceptors (Lipinski definition) is 5. The molecule has 0 fully saturated rings. The second-order valence-electron chi connectivity index (χ2n) is 9.78. The van der Waals surface area contributed by atoms with E-state index in [1.807, 2.05) is 66.7 Å². The number of aliphatic carboxylic acids is 1. The third kappa shape index (κ3) is 9.82. The molecule has 0 aliphatic heterocycles. The Morgan fingerprint density at radius 1 is 0.810 bits per heavy atom. The zero-order chi connectivity index (χ0) is 29.7. The molecule has 4 rings (SSSR count). The first kappa shape index (κ1) is 30.4. The predicted molar refractivity (Wildman–Crippen MR) is 162 cm³/mol. The maximum atomic E-state index is 13.2. The van der Waals surface area contributed by atoms with E-state index in [9.17, 15) is 14.4 Å². The maximum Gasteiger partial charge on any atom is 0.303 e. The molecule has 218 valence electrons. The number of nitrogens with one attached hydrogen (secondary N) is 2. The Morgan fingerprint density at radius 2 is 1.57 bits per heavy atom. The number of ether oxygens (including phenoxy) is 2. The number of amides is 2. The number of carboxylic acids is 1. The number of carbonyl (C=O) groups is 3. The van der Waals surface area contributed by atoms with E-state index in [1.165, 1.54) is 0 Å². The summed E-state index contributed by atoms with van der Waals surface area (Å²) in [6.45, 7) is 0.423. The van der Waals surface area contributed by atoms with E-state index in [2.05, 4.69) is 10.6 Å². The van der Waals surface area contributed by atoms with E-state index < -0.39 is 17.9 Å². The summed E-state index contributed by atoms with van der Waals surface area (Å²) in [6, 6.07) is 27.2. The summed E-state index contributed by atoms with van der Waals surface area (Å²) in [5, 5.41) is 17.2. The fourth-order valence-corrected chi connectivity index (χ4v) is 4.58. The van der Waals surface area contributed by atoms with Crippen LogP contribution in [0, 0.1) is 0 Å². The predicted octanol–water partition coefficient (Wildman–Crippen LogP) is 5.20. The van der Waals surface area contributed by atoms with Crippen LogP contribution in [0.1, 0.15) is 24.0 Å². The van der Waals surface area contributed by atoms with Crippen molar-refractivity contribution in [3.05, 3.63) is 107 Å². The van der Waals surface area contributed by atoms with Crippen LogP contribution in [0.4, 0.5) is 0 Å². The van der Waals surface area contributed by atoms with Crippen molar-refractivity contribution < 1.29 is 29.0 Å². The van der Waals surface area contributed by atoms with Crippen LogP contribution in [0.3, 0.4) is 0 Å². The average Bonchev–Trinajstić information content (AvgIpc) is 2.98. The normalized spacial score (nSPS) is 11.5. The summed E-state index contributed by atoms with van der Waals surface area (Å²) in [7, 11) is 0. The van der Waals surface area contributed by atoms with Gasteiger partial charge in [0, 0.05) is 24.4 Å². The Kier molecular flexibility index (Phi) is 11.2. The van der Waals surface area contributed by atoms with Gasteiger partial charge in [-0.2, -0.15) is 0 Å². The Balaban J connectivity index is 1.36. The zero-order valence-corrected chi connectivity index (χ0v) is 23.8. The van der Waals surface area contributed by atoms with E-state index in [4.69, 9.17) is 26.2 Å². The molecule has 4 aromatic rings. The molecule has 42 heavy (non-hydrogen) atoms. The number of carboxylic acid groups (broad SMARTS) is 1. The molecule has 0 bridgehead atoms. The third-order valence-corrected chi connectivity index (χ3v) is 6.75. The van der Waals surface area contributed by atoms with Crippen LogP contribution in [0.25, 0.3) is 10.8 Å². The van der Waals surface area contributed by atoms with Crippen LogP contribution in [-0.4, -0.2) is 48.7 Å². The van der Waals surface area contributed by atoms with E-state index in [-0.39, 0.29) is 32.0 Å². The smallest absolute Gasteiger partial charge is 0.303 e. The Bertz CT molecular complexity index is 1510. The van der Waals surface area contributed by atoms with Gasteiger partial charge in [0.25, 0.3) is 5.91 Å². The molecule has 0 spiro atoms. The SMILES string of the molecule is O=C(O)CCCOc1ccc(CC(NC(=O)COc2ccc3ccccc3c2)C(=O)NCCc2cccc(Cl)c2)cc1. The largest absolute Gasteiger partial charge is 0.494 e. The summed E-state index contributed by atoms with van der Waals surface area (Å²) in [5.74, 6) is -0.443. The van der Waals surface area contributed by atoms with Gasteiger partial charge in [0.2, 0.25) is 5.91 Å². The van der Waals surface area contributed by atoms with E-state index >= 15 is 0 Å². The lowest BCUT2D eigenvalue weighted by Crippen LogP contribution is -2.49. The fraction of sp³-hybridized carbons (Fsp3) is 0.242. The lowest BCUT2D eigenvalue weighted by atomic mass is 10.0.